The summed E-state index contributed by atoms with van der Waals surface area (Å²) in [6.45, 7) is 4.90. The summed E-state index contributed by atoms with van der Waals surface area (Å²) in [6, 6.07) is -0.552. The maximum atomic E-state index is 12.4. The number of amides is 1. The minimum absolute atomic E-state index is 0.0140. The van der Waals surface area contributed by atoms with Gasteiger partial charge in [0.1, 0.15) is 0 Å². The van der Waals surface area contributed by atoms with Crippen molar-refractivity contribution in [1.29, 1.82) is 0 Å². The number of unbranched alkanes of at least 4 members (excludes halogenated alkanes) is 31. The number of hydrogen-bond acceptors (Lipinski definition) is 5. The fourth-order valence-electron chi connectivity index (χ4n) is 7.11. The Labute approximate surface area is 317 Å². The predicted octanol–water partition coefficient (Wildman–Crippen LogP) is 12.8. The van der Waals surface area contributed by atoms with Crippen LogP contribution < -0.4 is 5.32 Å². The number of carbonyl (C=O) groups is 2. The Bertz CT molecular complexity index is 717. The summed E-state index contributed by atoms with van der Waals surface area (Å²) >= 11 is 0. The summed E-state index contributed by atoms with van der Waals surface area (Å²) in [5, 5.41) is 23.1. The second-order valence-corrected chi connectivity index (χ2v) is 15.7. The van der Waals surface area contributed by atoms with Crippen molar-refractivity contribution in [2.24, 2.45) is 0 Å². The van der Waals surface area contributed by atoms with E-state index in [0.29, 0.717) is 25.9 Å². The maximum Gasteiger partial charge on any atom is 0.305 e. The molecule has 0 aromatic carbocycles. The van der Waals surface area contributed by atoms with Crippen LogP contribution in [0, 0.1) is 0 Å². The van der Waals surface area contributed by atoms with E-state index < -0.39 is 12.1 Å². The summed E-state index contributed by atoms with van der Waals surface area (Å²) in [5.74, 6) is -0.0677. The second kappa shape index (κ2) is 41.6. The second-order valence-electron chi connectivity index (χ2n) is 15.7. The van der Waals surface area contributed by atoms with Gasteiger partial charge >= 0.3 is 5.97 Å². The highest BCUT2D eigenvalue weighted by molar-refractivity contribution is 5.76. The van der Waals surface area contributed by atoms with E-state index in [4.69, 9.17) is 4.74 Å². The zero-order chi connectivity index (χ0) is 37.3. The molecular formula is C45H89NO5. The zero-order valence-electron chi connectivity index (χ0n) is 34.4. The number of esters is 1. The van der Waals surface area contributed by atoms with Crippen molar-refractivity contribution >= 4 is 11.9 Å². The highest BCUT2D eigenvalue weighted by Gasteiger charge is 2.20. The maximum absolute atomic E-state index is 12.4. The molecule has 0 radical (unpaired) electrons. The number of rotatable bonds is 42. The minimum Gasteiger partial charge on any atom is -0.466 e. The Morgan fingerprint density at radius 3 is 1.20 bits per heavy atom. The topological polar surface area (TPSA) is 95.9 Å². The van der Waals surface area contributed by atoms with E-state index in [1.807, 2.05) is 0 Å². The third-order valence-electron chi connectivity index (χ3n) is 10.7. The first kappa shape index (κ1) is 49.9. The molecule has 0 saturated heterocycles. The molecule has 0 spiro atoms. The van der Waals surface area contributed by atoms with Crippen LogP contribution in [0.4, 0.5) is 0 Å². The summed E-state index contributed by atoms with van der Waals surface area (Å²) in [6.07, 6.45) is 43.4. The zero-order valence-corrected chi connectivity index (χ0v) is 34.4. The molecular weight excluding hydrogens is 634 g/mol. The molecule has 0 heterocycles. The van der Waals surface area contributed by atoms with Crippen LogP contribution in [-0.2, 0) is 14.3 Å². The van der Waals surface area contributed by atoms with Gasteiger partial charge < -0.3 is 20.3 Å². The molecule has 2 atom stereocenters. The molecule has 0 aromatic rings. The fraction of sp³-hybridized carbons (Fsp3) is 0.956. The van der Waals surface area contributed by atoms with Gasteiger partial charge in [0.05, 0.1) is 25.4 Å². The molecule has 0 rings (SSSR count). The van der Waals surface area contributed by atoms with Crippen molar-refractivity contribution in [2.75, 3.05) is 13.2 Å². The van der Waals surface area contributed by atoms with Crippen LogP contribution in [-0.4, -0.2) is 47.4 Å². The Hall–Kier alpha value is -1.14. The van der Waals surface area contributed by atoms with Gasteiger partial charge in [-0.25, -0.2) is 0 Å². The quantitative estimate of drug-likeness (QED) is 0.0430. The number of nitrogens with one attached hydrogen (secondary N) is 1. The molecule has 0 aromatic heterocycles. The van der Waals surface area contributed by atoms with Crippen LogP contribution in [0.3, 0.4) is 0 Å². The van der Waals surface area contributed by atoms with E-state index in [-0.39, 0.29) is 18.5 Å². The standard InChI is InChI=1S/C45H89NO5/c1-3-5-7-9-11-13-15-18-21-25-29-33-37-43(48)42(41-47)46-44(49)38-34-30-26-22-19-16-20-24-28-32-36-40-51-45(50)39-35-31-27-23-17-14-12-10-8-6-4-2/h42-43,47-48H,3-41H2,1-2H3,(H,46,49). The van der Waals surface area contributed by atoms with E-state index in [9.17, 15) is 19.8 Å². The highest BCUT2D eigenvalue weighted by Crippen LogP contribution is 2.16. The van der Waals surface area contributed by atoms with E-state index in [0.717, 1.165) is 57.8 Å². The molecule has 3 N–H and O–H groups in total. The van der Waals surface area contributed by atoms with Crippen molar-refractivity contribution in [2.45, 2.75) is 264 Å². The van der Waals surface area contributed by atoms with Gasteiger partial charge in [0.2, 0.25) is 5.91 Å². The number of hydrogen-bond donors (Lipinski definition) is 3. The van der Waals surface area contributed by atoms with E-state index >= 15 is 0 Å². The summed E-state index contributed by atoms with van der Waals surface area (Å²) in [5.41, 5.74) is 0. The lowest BCUT2D eigenvalue weighted by Crippen LogP contribution is -2.45. The molecule has 0 aliphatic heterocycles. The van der Waals surface area contributed by atoms with Gasteiger partial charge in [0.25, 0.3) is 0 Å². The van der Waals surface area contributed by atoms with Gasteiger partial charge in [0.15, 0.2) is 0 Å². The highest BCUT2D eigenvalue weighted by atomic mass is 16.5. The first-order valence-electron chi connectivity index (χ1n) is 22.8. The summed E-state index contributed by atoms with van der Waals surface area (Å²) in [7, 11) is 0. The third-order valence-corrected chi connectivity index (χ3v) is 10.7. The Kier molecular flexibility index (Phi) is 40.7. The number of aliphatic hydroxyl groups is 2. The molecule has 0 saturated carbocycles. The largest absolute Gasteiger partial charge is 0.466 e. The molecule has 2 unspecified atom stereocenters. The first-order chi connectivity index (χ1) is 25.0. The van der Waals surface area contributed by atoms with Crippen molar-refractivity contribution < 1.29 is 24.5 Å². The number of aliphatic hydroxyl groups excluding tert-OH is 2. The molecule has 0 aliphatic carbocycles. The van der Waals surface area contributed by atoms with Crippen molar-refractivity contribution in [3.63, 3.8) is 0 Å². The van der Waals surface area contributed by atoms with Crippen LogP contribution in [0.25, 0.3) is 0 Å². The third kappa shape index (κ3) is 38.4. The number of carbonyl (C=O) groups excluding carboxylic acids is 2. The number of ether oxygens (including phenoxy) is 1. The van der Waals surface area contributed by atoms with E-state index in [1.165, 1.54) is 161 Å². The van der Waals surface area contributed by atoms with Gasteiger partial charge in [-0.1, -0.05) is 213 Å². The molecule has 6 heteroatoms. The predicted molar refractivity (Wildman–Crippen MR) is 218 cm³/mol. The van der Waals surface area contributed by atoms with Gasteiger partial charge in [-0.3, -0.25) is 9.59 Å². The Morgan fingerprint density at radius 2 is 0.804 bits per heavy atom. The minimum atomic E-state index is -0.673. The molecule has 304 valence electrons. The van der Waals surface area contributed by atoms with Crippen molar-refractivity contribution in [3.8, 4) is 0 Å². The lowest BCUT2D eigenvalue weighted by Gasteiger charge is -2.22. The van der Waals surface area contributed by atoms with Crippen LogP contribution in [0.15, 0.2) is 0 Å². The molecule has 51 heavy (non-hydrogen) atoms. The van der Waals surface area contributed by atoms with Gasteiger partial charge in [-0.05, 0) is 25.7 Å². The van der Waals surface area contributed by atoms with Crippen LogP contribution in [0.5, 0.6) is 0 Å². The van der Waals surface area contributed by atoms with Crippen molar-refractivity contribution in [3.05, 3.63) is 0 Å². The molecule has 6 nitrogen and oxygen atoms in total. The lowest BCUT2D eigenvalue weighted by molar-refractivity contribution is -0.143. The average Bonchev–Trinajstić information content (AvgIpc) is 3.13. The smallest absolute Gasteiger partial charge is 0.305 e. The fourth-order valence-corrected chi connectivity index (χ4v) is 7.11. The molecule has 1 amide bonds. The van der Waals surface area contributed by atoms with Gasteiger partial charge in [-0.15, -0.1) is 0 Å². The van der Waals surface area contributed by atoms with Gasteiger partial charge in [-0.2, -0.15) is 0 Å². The Balaban J connectivity index is 3.47. The van der Waals surface area contributed by atoms with Crippen LogP contribution in [0.1, 0.15) is 251 Å². The Morgan fingerprint density at radius 1 is 0.471 bits per heavy atom. The van der Waals surface area contributed by atoms with E-state index in [1.54, 1.807) is 0 Å². The molecule has 0 fully saturated rings. The lowest BCUT2D eigenvalue weighted by atomic mass is 10.0. The van der Waals surface area contributed by atoms with Gasteiger partial charge in [0, 0.05) is 12.8 Å². The molecule has 0 aliphatic rings. The van der Waals surface area contributed by atoms with Crippen LogP contribution in [0.2, 0.25) is 0 Å². The summed E-state index contributed by atoms with van der Waals surface area (Å²) in [4.78, 5) is 24.3. The van der Waals surface area contributed by atoms with Crippen LogP contribution >= 0.6 is 0 Å². The van der Waals surface area contributed by atoms with Crippen molar-refractivity contribution in [1.82, 2.24) is 5.32 Å². The first-order valence-corrected chi connectivity index (χ1v) is 22.8. The van der Waals surface area contributed by atoms with E-state index in [2.05, 4.69) is 19.2 Å². The summed E-state index contributed by atoms with van der Waals surface area (Å²) < 4.78 is 5.43. The molecule has 0 bridgehead atoms. The average molecular weight is 724 g/mol. The normalized spacial score (nSPS) is 12.6. The SMILES string of the molecule is CCCCCCCCCCCCCCC(O)C(CO)NC(=O)CCCCCCCCCCCCCOC(=O)CCCCCCCCCCCCC. The monoisotopic (exact) mass is 724 g/mol.